The Balaban J connectivity index is 1.68. The van der Waals surface area contributed by atoms with Gasteiger partial charge in [-0.1, -0.05) is 62.2 Å². The zero-order valence-corrected chi connectivity index (χ0v) is 20.2. The Kier molecular flexibility index (Phi) is 3.77. The topological polar surface area (TPSA) is 40.8 Å². The van der Waals surface area contributed by atoms with Gasteiger partial charge in [0, 0.05) is 37.6 Å². The minimum absolute atomic E-state index is 0.265. The van der Waals surface area contributed by atoms with Crippen LogP contribution in [0.1, 0.15) is 45.9 Å². The summed E-state index contributed by atoms with van der Waals surface area (Å²) in [7, 11) is 1.55. The molecule has 4 heteroatoms. The van der Waals surface area contributed by atoms with Crippen LogP contribution in [0.4, 0.5) is 4.39 Å². The van der Waals surface area contributed by atoms with Gasteiger partial charge in [-0.15, -0.1) is 0 Å². The average Bonchev–Trinajstić information content (AvgIpc) is 3.34. The summed E-state index contributed by atoms with van der Waals surface area (Å²) < 4.78 is 79.5. The molecule has 0 aliphatic carbocycles. The van der Waals surface area contributed by atoms with E-state index in [1.807, 2.05) is 54.6 Å². The van der Waals surface area contributed by atoms with Crippen molar-refractivity contribution in [2.45, 2.75) is 26.5 Å². The van der Waals surface area contributed by atoms with E-state index in [1.54, 1.807) is 26.1 Å². The lowest BCUT2D eigenvalue weighted by atomic mass is 9.94. The van der Waals surface area contributed by atoms with E-state index in [-0.39, 0.29) is 5.69 Å². The molecule has 0 unspecified atom stereocenters. The van der Waals surface area contributed by atoms with E-state index in [1.165, 1.54) is 4.57 Å². The summed E-state index contributed by atoms with van der Waals surface area (Å²) in [5.41, 5.74) is 3.33. The number of benzene rings is 4. The fraction of sp³-hybridized carbons (Fsp3) is 0.152. The molecule has 0 amide bonds. The second-order valence-electron chi connectivity index (χ2n) is 9.18. The van der Waals surface area contributed by atoms with Crippen LogP contribution in [0.2, 0.25) is 0 Å². The fourth-order valence-electron chi connectivity index (χ4n) is 5.10. The van der Waals surface area contributed by atoms with Gasteiger partial charge < -0.3 is 4.42 Å². The summed E-state index contributed by atoms with van der Waals surface area (Å²) >= 11 is 0. The monoisotopic (exact) mass is 492 g/mol. The number of aromatic nitrogens is 1. The number of furan rings is 1. The summed E-state index contributed by atoms with van der Waals surface area (Å²) in [5, 5.41) is 13.5. The number of aryl methyl sites for hydroxylation is 2. The molecule has 3 nitrogen and oxygen atoms in total. The number of nitrogens with zero attached hydrogens (tertiary/aromatic N) is 2. The Morgan fingerprint density at radius 3 is 2.43 bits per heavy atom. The van der Waals surface area contributed by atoms with Crippen molar-refractivity contribution < 1.29 is 23.0 Å². The van der Waals surface area contributed by atoms with Crippen molar-refractivity contribution in [3.63, 3.8) is 0 Å². The Hall–Kier alpha value is -4.49. The summed E-state index contributed by atoms with van der Waals surface area (Å²) in [5.74, 6) is -4.35. The van der Waals surface area contributed by atoms with E-state index in [0.717, 1.165) is 34.0 Å². The van der Waals surface area contributed by atoms with E-state index in [4.69, 9.17) is 14.0 Å². The van der Waals surface area contributed by atoms with Gasteiger partial charge in [-0.25, -0.2) is 4.39 Å². The van der Waals surface area contributed by atoms with E-state index >= 15 is 4.39 Å². The molecule has 6 aromatic rings. The highest BCUT2D eigenvalue weighted by Gasteiger charge is 2.25. The zero-order valence-electron chi connectivity index (χ0n) is 27.2. The van der Waals surface area contributed by atoms with Gasteiger partial charge in [0.2, 0.25) is 11.9 Å². The molecule has 0 fully saturated rings. The van der Waals surface area contributed by atoms with Gasteiger partial charge >= 0.3 is 0 Å². The summed E-state index contributed by atoms with van der Waals surface area (Å²) in [6.07, 6.45) is 0.987. The standard InChI is InChI=1S/C33H26FN2O/c1-19(2)27-16-29(36(4)18-28(27)34)30-20(3)9-13-25-26-14-12-24(17-35)31(33(26)37-32(25)30)23-11-10-21-7-5-6-8-22(21)15-23/h5-16,18-19H,1-4H3/q+1/i1D3,2D3,19D. The quantitative estimate of drug-likeness (QED) is 0.233. The van der Waals surface area contributed by atoms with Crippen LogP contribution in [0.3, 0.4) is 0 Å². The Bertz CT molecular complexity index is 2160. The Morgan fingerprint density at radius 2 is 1.68 bits per heavy atom. The van der Waals surface area contributed by atoms with Crippen LogP contribution < -0.4 is 4.57 Å². The third kappa shape index (κ3) is 3.58. The zero-order chi connectivity index (χ0) is 31.8. The molecule has 0 bridgehead atoms. The minimum Gasteiger partial charge on any atom is -0.454 e. The van der Waals surface area contributed by atoms with Crippen molar-refractivity contribution in [3.8, 4) is 28.5 Å². The van der Waals surface area contributed by atoms with Gasteiger partial charge in [0.25, 0.3) is 0 Å². The maximum absolute atomic E-state index is 15.4. The minimum atomic E-state index is -3.36. The molecule has 0 N–H and O–H groups in total. The fourth-order valence-corrected chi connectivity index (χ4v) is 5.10. The lowest BCUT2D eigenvalue weighted by Crippen LogP contribution is -2.32. The normalized spacial score (nSPS) is 15.4. The molecule has 180 valence electrons. The molecule has 0 radical (unpaired) electrons. The molecular weight excluding hydrogens is 459 g/mol. The molecule has 0 aliphatic rings. The van der Waals surface area contributed by atoms with Crippen molar-refractivity contribution in [2.75, 3.05) is 0 Å². The van der Waals surface area contributed by atoms with Crippen molar-refractivity contribution in [1.29, 1.82) is 5.26 Å². The number of hydrogen-bond acceptors (Lipinski definition) is 2. The number of pyridine rings is 1. The number of hydrogen-bond donors (Lipinski definition) is 0. The molecule has 2 aromatic heterocycles. The predicted molar refractivity (Wildman–Crippen MR) is 147 cm³/mol. The van der Waals surface area contributed by atoms with Gasteiger partial charge in [0.15, 0.2) is 5.82 Å². The van der Waals surface area contributed by atoms with Crippen molar-refractivity contribution in [2.24, 2.45) is 7.05 Å². The van der Waals surface area contributed by atoms with E-state index in [9.17, 15) is 5.26 Å². The van der Waals surface area contributed by atoms with Crippen LogP contribution in [0, 0.1) is 24.1 Å². The smallest absolute Gasteiger partial charge is 0.216 e. The van der Waals surface area contributed by atoms with E-state index in [0.29, 0.717) is 38.8 Å². The van der Waals surface area contributed by atoms with E-state index in [2.05, 4.69) is 6.07 Å². The third-order valence-electron chi connectivity index (χ3n) is 6.93. The van der Waals surface area contributed by atoms with Gasteiger partial charge in [-0.2, -0.15) is 9.83 Å². The van der Waals surface area contributed by atoms with Crippen LogP contribution in [-0.2, 0) is 7.05 Å². The van der Waals surface area contributed by atoms with Crippen LogP contribution in [0.5, 0.6) is 0 Å². The van der Waals surface area contributed by atoms with Crippen LogP contribution in [0.15, 0.2) is 83.4 Å². The summed E-state index contributed by atoms with van der Waals surface area (Å²) in [6, 6.07) is 24.4. The highest BCUT2D eigenvalue weighted by molar-refractivity contribution is 6.14. The first-order valence-electron chi connectivity index (χ1n) is 15.3. The molecule has 0 saturated carbocycles. The van der Waals surface area contributed by atoms with Gasteiger partial charge in [0.1, 0.15) is 18.2 Å². The molecule has 2 heterocycles. The largest absolute Gasteiger partial charge is 0.454 e. The highest BCUT2D eigenvalue weighted by Crippen LogP contribution is 2.42. The number of halogens is 1. The summed E-state index contributed by atoms with van der Waals surface area (Å²) in [6.45, 7) is -4.92. The van der Waals surface area contributed by atoms with Crippen LogP contribution >= 0.6 is 0 Å². The Labute approximate surface area is 224 Å². The van der Waals surface area contributed by atoms with Crippen LogP contribution in [-0.4, -0.2) is 0 Å². The van der Waals surface area contributed by atoms with Gasteiger partial charge in [0.05, 0.1) is 17.2 Å². The Morgan fingerprint density at radius 1 is 0.946 bits per heavy atom. The molecule has 0 spiro atoms. The van der Waals surface area contributed by atoms with Crippen molar-refractivity contribution >= 4 is 32.7 Å². The SMILES string of the molecule is [2H]C([2H])([2H])C([2H])(c1cc(-c2c(C)ccc3c2oc2c(-c4ccc5ccccc5c4)c(C#N)ccc23)[n+](C)cc1F)C([2H])([2H])[2H]. The first-order chi connectivity index (χ1) is 20.7. The van der Waals surface area contributed by atoms with Gasteiger partial charge in [-0.05, 0) is 52.9 Å². The highest BCUT2D eigenvalue weighted by atomic mass is 19.1. The first-order valence-corrected chi connectivity index (χ1v) is 11.8. The molecule has 0 atom stereocenters. The van der Waals surface area contributed by atoms with Crippen molar-refractivity contribution in [1.82, 2.24) is 0 Å². The summed E-state index contributed by atoms with van der Waals surface area (Å²) in [4.78, 5) is 0. The molecule has 0 saturated heterocycles. The molecule has 4 aromatic carbocycles. The number of rotatable bonds is 3. The number of fused-ring (bicyclic) bond motifs is 4. The predicted octanol–water partition coefficient (Wildman–Crippen LogP) is 8.34. The number of nitriles is 1. The average molecular weight is 493 g/mol. The van der Waals surface area contributed by atoms with Gasteiger partial charge in [-0.3, -0.25) is 0 Å². The maximum Gasteiger partial charge on any atom is 0.216 e. The molecule has 37 heavy (non-hydrogen) atoms. The second-order valence-corrected chi connectivity index (χ2v) is 9.18. The molecule has 0 aliphatic heterocycles. The lowest BCUT2D eigenvalue weighted by Gasteiger charge is -2.10. The third-order valence-corrected chi connectivity index (χ3v) is 6.93. The molecular formula is C33H26FN2O+. The van der Waals surface area contributed by atoms with Crippen LogP contribution in [0.25, 0.3) is 55.1 Å². The van der Waals surface area contributed by atoms with Crippen molar-refractivity contribution in [3.05, 3.63) is 102 Å². The maximum atomic E-state index is 15.4. The lowest BCUT2D eigenvalue weighted by molar-refractivity contribution is -0.662. The second kappa shape index (κ2) is 8.57. The van der Waals surface area contributed by atoms with E-state index < -0.39 is 31.0 Å². The first kappa shape index (κ1) is 16.3. The molecule has 6 rings (SSSR count).